The third-order valence-electron chi connectivity index (χ3n) is 3.33. The fourth-order valence-electron chi connectivity index (χ4n) is 2.22. The number of rotatable bonds is 5. The average Bonchev–Trinajstić information content (AvgIpc) is 2.29. The number of halogens is 2. The highest BCUT2D eigenvalue weighted by Crippen LogP contribution is 2.31. The van der Waals surface area contributed by atoms with Gasteiger partial charge in [0, 0.05) is 4.43 Å². The predicted octanol–water partition coefficient (Wildman–Crippen LogP) is 4.40. The number of hydrogen-bond acceptors (Lipinski definition) is 1. The SMILES string of the molecule is CCC1CCCC(OC(C)(CCl)CI)C1. The molecule has 1 rings (SSSR count). The van der Waals surface area contributed by atoms with Gasteiger partial charge in [-0.05, 0) is 25.7 Å². The van der Waals surface area contributed by atoms with E-state index < -0.39 is 0 Å². The molecule has 0 spiro atoms. The zero-order valence-corrected chi connectivity index (χ0v) is 12.7. The summed E-state index contributed by atoms with van der Waals surface area (Å²) in [6.45, 7) is 4.41. The molecular formula is C12H22ClIO. The topological polar surface area (TPSA) is 9.23 Å². The molecule has 90 valence electrons. The largest absolute Gasteiger partial charge is 0.370 e. The molecule has 3 atom stereocenters. The molecule has 0 heterocycles. The van der Waals surface area contributed by atoms with E-state index in [-0.39, 0.29) is 5.60 Å². The molecule has 0 aromatic heterocycles. The van der Waals surface area contributed by atoms with Crippen LogP contribution in [0.3, 0.4) is 0 Å². The van der Waals surface area contributed by atoms with Crippen LogP contribution in [0, 0.1) is 5.92 Å². The second-order valence-corrected chi connectivity index (χ2v) is 5.93. The molecule has 0 amide bonds. The molecule has 15 heavy (non-hydrogen) atoms. The van der Waals surface area contributed by atoms with Gasteiger partial charge in [0.2, 0.25) is 0 Å². The number of hydrogen-bond donors (Lipinski definition) is 0. The molecule has 0 aromatic carbocycles. The smallest absolute Gasteiger partial charge is 0.0881 e. The first-order chi connectivity index (χ1) is 7.13. The summed E-state index contributed by atoms with van der Waals surface area (Å²) in [4.78, 5) is 0. The van der Waals surface area contributed by atoms with Crippen molar-refractivity contribution in [3.05, 3.63) is 0 Å². The summed E-state index contributed by atoms with van der Waals surface area (Å²) in [5.41, 5.74) is -0.123. The van der Waals surface area contributed by atoms with Gasteiger partial charge in [0.1, 0.15) is 0 Å². The van der Waals surface area contributed by atoms with Crippen molar-refractivity contribution in [1.29, 1.82) is 0 Å². The lowest BCUT2D eigenvalue weighted by molar-refractivity contribution is -0.0753. The van der Waals surface area contributed by atoms with Crippen molar-refractivity contribution in [1.82, 2.24) is 0 Å². The summed E-state index contributed by atoms with van der Waals surface area (Å²) < 4.78 is 7.14. The van der Waals surface area contributed by atoms with Crippen LogP contribution in [-0.4, -0.2) is 22.0 Å². The molecule has 0 aliphatic heterocycles. The quantitative estimate of drug-likeness (QED) is 0.530. The van der Waals surface area contributed by atoms with Gasteiger partial charge < -0.3 is 4.74 Å². The summed E-state index contributed by atoms with van der Waals surface area (Å²) in [7, 11) is 0. The van der Waals surface area contributed by atoms with Gasteiger partial charge in [0.15, 0.2) is 0 Å². The Kier molecular flexibility index (Phi) is 6.23. The maximum Gasteiger partial charge on any atom is 0.0881 e. The minimum atomic E-state index is -0.123. The Hall–Kier alpha value is 0.980. The fourth-order valence-corrected chi connectivity index (χ4v) is 3.15. The first kappa shape index (κ1) is 14.0. The summed E-state index contributed by atoms with van der Waals surface area (Å²) >= 11 is 8.34. The van der Waals surface area contributed by atoms with Gasteiger partial charge >= 0.3 is 0 Å². The highest BCUT2D eigenvalue weighted by molar-refractivity contribution is 14.1. The lowest BCUT2D eigenvalue weighted by Crippen LogP contribution is -2.39. The van der Waals surface area contributed by atoms with Crippen molar-refractivity contribution < 1.29 is 4.74 Å². The third-order valence-corrected chi connectivity index (χ3v) is 5.51. The van der Waals surface area contributed by atoms with Crippen LogP contribution < -0.4 is 0 Å². The fraction of sp³-hybridized carbons (Fsp3) is 1.00. The van der Waals surface area contributed by atoms with Crippen LogP contribution >= 0.6 is 34.2 Å². The molecule has 3 unspecified atom stereocenters. The standard InChI is InChI=1S/C12H22ClIO/c1-3-10-5-4-6-11(7-10)15-12(2,8-13)9-14/h10-11H,3-9H2,1-2H3. The average molecular weight is 345 g/mol. The van der Waals surface area contributed by atoms with Crippen molar-refractivity contribution in [2.24, 2.45) is 5.92 Å². The molecule has 1 saturated carbocycles. The van der Waals surface area contributed by atoms with Gasteiger partial charge in [0.05, 0.1) is 17.6 Å². The maximum atomic E-state index is 6.17. The van der Waals surface area contributed by atoms with Crippen LogP contribution in [0.2, 0.25) is 0 Å². The Labute approximate surface area is 112 Å². The van der Waals surface area contributed by atoms with Crippen molar-refractivity contribution in [3.63, 3.8) is 0 Å². The molecule has 1 fully saturated rings. The Morgan fingerprint density at radius 3 is 2.73 bits per heavy atom. The van der Waals surface area contributed by atoms with Crippen LogP contribution in [0.1, 0.15) is 46.0 Å². The Morgan fingerprint density at radius 2 is 2.20 bits per heavy atom. The first-order valence-electron chi connectivity index (χ1n) is 5.93. The summed E-state index contributed by atoms with van der Waals surface area (Å²) in [6.07, 6.45) is 6.91. The molecular weight excluding hydrogens is 322 g/mol. The molecule has 1 aliphatic rings. The van der Waals surface area contributed by atoms with E-state index in [0.717, 1.165) is 10.3 Å². The van der Waals surface area contributed by atoms with Gasteiger partial charge in [-0.15, -0.1) is 11.6 Å². The maximum absolute atomic E-state index is 6.17. The van der Waals surface area contributed by atoms with Crippen molar-refractivity contribution >= 4 is 34.2 Å². The van der Waals surface area contributed by atoms with Gasteiger partial charge in [-0.25, -0.2) is 0 Å². The second kappa shape index (κ2) is 6.65. The van der Waals surface area contributed by atoms with E-state index in [1.165, 1.54) is 32.1 Å². The van der Waals surface area contributed by atoms with Crippen LogP contribution in [0.25, 0.3) is 0 Å². The highest BCUT2D eigenvalue weighted by Gasteiger charge is 2.30. The van der Waals surface area contributed by atoms with Crippen molar-refractivity contribution in [2.45, 2.75) is 57.7 Å². The van der Waals surface area contributed by atoms with E-state index in [9.17, 15) is 0 Å². The van der Waals surface area contributed by atoms with E-state index in [1.54, 1.807) is 0 Å². The number of alkyl halides is 2. The van der Waals surface area contributed by atoms with Gasteiger partial charge in [-0.2, -0.15) is 0 Å². The van der Waals surface area contributed by atoms with E-state index in [2.05, 4.69) is 36.4 Å². The lowest BCUT2D eigenvalue weighted by Gasteiger charge is -2.35. The molecule has 0 radical (unpaired) electrons. The summed E-state index contributed by atoms with van der Waals surface area (Å²) in [5, 5.41) is 0. The van der Waals surface area contributed by atoms with Gasteiger partial charge in [0.25, 0.3) is 0 Å². The Morgan fingerprint density at radius 1 is 1.47 bits per heavy atom. The van der Waals surface area contributed by atoms with Crippen LogP contribution in [-0.2, 0) is 4.74 Å². The molecule has 3 heteroatoms. The zero-order chi connectivity index (χ0) is 11.3. The monoisotopic (exact) mass is 344 g/mol. The second-order valence-electron chi connectivity index (χ2n) is 4.90. The van der Waals surface area contributed by atoms with E-state index in [0.29, 0.717) is 12.0 Å². The number of ether oxygens (including phenoxy) is 1. The van der Waals surface area contributed by atoms with Crippen LogP contribution in [0.4, 0.5) is 0 Å². The van der Waals surface area contributed by atoms with E-state index in [1.807, 2.05) is 0 Å². The normalized spacial score (nSPS) is 31.2. The predicted molar refractivity (Wildman–Crippen MR) is 75.1 cm³/mol. The van der Waals surface area contributed by atoms with Crippen molar-refractivity contribution in [3.8, 4) is 0 Å². The van der Waals surface area contributed by atoms with Crippen molar-refractivity contribution in [2.75, 3.05) is 10.3 Å². The molecule has 0 N–H and O–H groups in total. The molecule has 0 saturated heterocycles. The minimum Gasteiger partial charge on any atom is -0.370 e. The minimum absolute atomic E-state index is 0.123. The molecule has 0 bridgehead atoms. The highest BCUT2D eigenvalue weighted by atomic mass is 127. The Bertz CT molecular complexity index is 182. The Balaban J connectivity index is 2.43. The lowest BCUT2D eigenvalue weighted by atomic mass is 9.85. The molecule has 0 aromatic rings. The van der Waals surface area contributed by atoms with Gasteiger partial charge in [-0.1, -0.05) is 48.8 Å². The van der Waals surface area contributed by atoms with E-state index >= 15 is 0 Å². The van der Waals surface area contributed by atoms with Gasteiger partial charge in [-0.3, -0.25) is 0 Å². The molecule has 1 nitrogen and oxygen atoms in total. The first-order valence-corrected chi connectivity index (χ1v) is 7.99. The molecule has 1 aliphatic carbocycles. The van der Waals surface area contributed by atoms with E-state index in [4.69, 9.17) is 16.3 Å². The summed E-state index contributed by atoms with van der Waals surface area (Å²) in [5.74, 6) is 1.47. The van der Waals surface area contributed by atoms with Crippen LogP contribution in [0.15, 0.2) is 0 Å². The third kappa shape index (κ3) is 4.39. The van der Waals surface area contributed by atoms with Crippen LogP contribution in [0.5, 0.6) is 0 Å². The zero-order valence-electron chi connectivity index (χ0n) is 9.77. The summed E-state index contributed by atoms with van der Waals surface area (Å²) in [6, 6.07) is 0.